The third-order valence-electron chi connectivity index (χ3n) is 2.37. The minimum Gasteiger partial charge on any atom is -0.323 e. The van der Waals surface area contributed by atoms with Crippen molar-refractivity contribution in [1.82, 2.24) is 35.2 Å². The van der Waals surface area contributed by atoms with Crippen molar-refractivity contribution < 1.29 is 0 Å². The largest absolute Gasteiger partial charge is 0.323 e. The lowest BCUT2D eigenvalue weighted by Gasteiger charge is -2.01. The fourth-order valence-corrected chi connectivity index (χ4v) is 1.47. The molecule has 8 nitrogen and oxygen atoms in total. The maximum absolute atomic E-state index is 5.72. The van der Waals surface area contributed by atoms with Gasteiger partial charge in [-0.05, 0) is 23.8 Å². The van der Waals surface area contributed by atoms with Gasteiger partial charge >= 0.3 is 0 Å². The highest BCUT2D eigenvalue weighted by atomic mass is 15.6. The van der Waals surface area contributed by atoms with Crippen LogP contribution in [0, 0.1) is 0 Å². The Morgan fingerprint density at radius 1 is 1.35 bits per heavy atom. The summed E-state index contributed by atoms with van der Waals surface area (Å²) in [5, 5.41) is 19.5. The smallest absolute Gasteiger partial charge is 0.172 e. The molecule has 0 bridgehead atoms. The highest BCUT2D eigenvalue weighted by molar-refractivity contribution is 4.98. The van der Waals surface area contributed by atoms with Gasteiger partial charge in [0, 0.05) is 12.6 Å². The molecule has 0 amide bonds. The third kappa shape index (κ3) is 2.64. The van der Waals surface area contributed by atoms with Crippen LogP contribution in [0.3, 0.4) is 0 Å². The molecule has 0 aliphatic carbocycles. The minimum absolute atomic E-state index is 0.115. The van der Waals surface area contributed by atoms with Crippen LogP contribution >= 0.6 is 0 Å². The van der Waals surface area contributed by atoms with E-state index in [-0.39, 0.29) is 6.04 Å². The molecule has 2 N–H and O–H groups in total. The molecule has 17 heavy (non-hydrogen) atoms. The Bertz CT molecular complexity index is 471. The molecular formula is C9H16N8. The summed E-state index contributed by atoms with van der Waals surface area (Å²) in [6, 6.07) is -0.115. The molecule has 0 saturated heterocycles. The van der Waals surface area contributed by atoms with Gasteiger partial charge in [-0.2, -0.15) is 0 Å². The van der Waals surface area contributed by atoms with Crippen molar-refractivity contribution in [3.05, 3.63) is 17.7 Å². The second-order valence-corrected chi connectivity index (χ2v) is 3.95. The van der Waals surface area contributed by atoms with E-state index in [1.54, 1.807) is 9.36 Å². The summed E-state index contributed by atoms with van der Waals surface area (Å²) in [6.07, 6.45) is 2.80. The summed E-state index contributed by atoms with van der Waals surface area (Å²) in [6.45, 7) is 5.26. The van der Waals surface area contributed by atoms with E-state index in [0.717, 1.165) is 24.5 Å². The topological polar surface area (TPSA) is 100 Å². The van der Waals surface area contributed by atoms with E-state index in [2.05, 4.69) is 32.8 Å². The number of tetrazole rings is 1. The number of aromatic nitrogens is 7. The molecule has 2 aromatic rings. The molecule has 8 heteroatoms. The number of nitrogens with two attached hydrogens (primary N) is 1. The molecule has 0 saturated carbocycles. The van der Waals surface area contributed by atoms with Gasteiger partial charge in [0.1, 0.15) is 6.54 Å². The molecule has 0 spiro atoms. The Morgan fingerprint density at radius 3 is 2.82 bits per heavy atom. The van der Waals surface area contributed by atoms with Gasteiger partial charge in [0.2, 0.25) is 0 Å². The molecule has 92 valence electrons. The van der Waals surface area contributed by atoms with Crippen LogP contribution in [0.25, 0.3) is 0 Å². The number of nitrogens with zero attached hydrogens (tertiary/aromatic N) is 7. The number of hydrogen-bond acceptors (Lipinski definition) is 6. The fraction of sp³-hybridized carbons (Fsp3) is 0.667. The van der Waals surface area contributed by atoms with Gasteiger partial charge in [0.05, 0.1) is 11.9 Å². The number of aryl methyl sites for hydroxylation is 1. The molecular weight excluding hydrogens is 220 g/mol. The lowest BCUT2D eigenvalue weighted by atomic mass is 10.3. The highest BCUT2D eigenvalue weighted by Crippen LogP contribution is 2.05. The van der Waals surface area contributed by atoms with Crippen molar-refractivity contribution in [3.63, 3.8) is 0 Å². The van der Waals surface area contributed by atoms with E-state index in [1.807, 2.05) is 13.1 Å². The lowest BCUT2D eigenvalue weighted by molar-refractivity contribution is 0.526. The highest BCUT2D eigenvalue weighted by Gasteiger charge is 2.09. The lowest BCUT2D eigenvalue weighted by Crippen LogP contribution is -2.10. The minimum atomic E-state index is -0.115. The van der Waals surface area contributed by atoms with Crippen molar-refractivity contribution in [3.8, 4) is 0 Å². The van der Waals surface area contributed by atoms with E-state index >= 15 is 0 Å². The van der Waals surface area contributed by atoms with E-state index < -0.39 is 0 Å². The van der Waals surface area contributed by atoms with Crippen LogP contribution in [-0.4, -0.2) is 35.2 Å². The van der Waals surface area contributed by atoms with Crippen LogP contribution in [0.2, 0.25) is 0 Å². The first-order valence-corrected chi connectivity index (χ1v) is 5.61. The van der Waals surface area contributed by atoms with Crippen molar-refractivity contribution in [1.29, 1.82) is 0 Å². The van der Waals surface area contributed by atoms with Crippen LogP contribution in [0.4, 0.5) is 0 Å². The first kappa shape index (κ1) is 11.6. The summed E-state index contributed by atoms with van der Waals surface area (Å²) >= 11 is 0. The normalized spacial score (nSPS) is 12.9. The summed E-state index contributed by atoms with van der Waals surface area (Å²) in [4.78, 5) is 0. The molecule has 0 aromatic carbocycles. The van der Waals surface area contributed by atoms with Crippen molar-refractivity contribution in [2.75, 3.05) is 0 Å². The predicted molar refractivity (Wildman–Crippen MR) is 59.8 cm³/mol. The molecule has 0 aliphatic heterocycles. The van der Waals surface area contributed by atoms with Crippen LogP contribution in [0.15, 0.2) is 6.20 Å². The second-order valence-electron chi connectivity index (χ2n) is 3.95. The van der Waals surface area contributed by atoms with E-state index in [1.165, 1.54) is 0 Å². The monoisotopic (exact) mass is 236 g/mol. The SMILES string of the molecule is CCCn1nnnc1Cn1cc(C(C)N)nn1. The van der Waals surface area contributed by atoms with Crippen molar-refractivity contribution in [2.45, 2.75) is 39.4 Å². The standard InChI is InChI=1S/C9H16N8/c1-3-4-17-9(12-13-15-17)6-16-5-8(7(2)10)11-14-16/h5,7H,3-4,6,10H2,1-2H3. The van der Waals surface area contributed by atoms with Gasteiger partial charge in [0.15, 0.2) is 5.82 Å². The van der Waals surface area contributed by atoms with Gasteiger partial charge < -0.3 is 5.73 Å². The Hall–Kier alpha value is -1.83. The molecule has 0 aliphatic rings. The summed E-state index contributed by atoms with van der Waals surface area (Å²) in [7, 11) is 0. The Labute approximate surface area is 98.8 Å². The summed E-state index contributed by atoms with van der Waals surface area (Å²) < 4.78 is 3.46. The van der Waals surface area contributed by atoms with Crippen LogP contribution in [-0.2, 0) is 13.1 Å². The first-order chi connectivity index (χ1) is 8.20. The van der Waals surface area contributed by atoms with Crippen LogP contribution in [0.1, 0.15) is 37.8 Å². The molecule has 1 unspecified atom stereocenters. The molecule has 0 radical (unpaired) electrons. The number of hydrogen-bond donors (Lipinski definition) is 1. The van der Waals surface area contributed by atoms with Crippen molar-refractivity contribution in [2.24, 2.45) is 5.73 Å². The fourth-order valence-electron chi connectivity index (χ4n) is 1.47. The van der Waals surface area contributed by atoms with Crippen LogP contribution < -0.4 is 5.73 Å². The van der Waals surface area contributed by atoms with Crippen LogP contribution in [0.5, 0.6) is 0 Å². The van der Waals surface area contributed by atoms with Gasteiger partial charge in [-0.25, -0.2) is 9.36 Å². The van der Waals surface area contributed by atoms with Crippen molar-refractivity contribution >= 4 is 0 Å². The molecule has 2 aromatic heterocycles. The second kappa shape index (κ2) is 5.00. The average Bonchev–Trinajstić information content (AvgIpc) is 2.90. The zero-order chi connectivity index (χ0) is 12.3. The maximum atomic E-state index is 5.72. The Balaban J connectivity index is 2.11. The predicted octanol–water partition coefficient (Wildman–Crippen LogP) is -0.257. The summed E-state index contributed by atoms with van der Waals surface area (Å²) in [5.41, 5.74) is 6.48. The molecule has 1 atom stereocenters. The van der Waals surface area contributed by atoms with E-state index in [4.69, 9.17) is 5.73 Å². The zero-order valence-electron chi connectivity index (χ0n) is 9.98. The van der Waals surface area contributed by atoms with E-state index in [0.29, 0.717) is 6.54 Å². The molecule has 2 rings (SSSR count). The van der Waals surface area contributed by atoms with Gasteiger partial charge in [-0.3, -0.25) is 0 Å². The average molecular weight is 236 g/mol. The summed E-state index contributed by atoms with van der Waals surface area (Å²) in [5.74, 6) is 0.771. The third-order valence-corrected chi connectivity index (χ3v) is 2.37. The zero-order valence-corrected chi connectivity index (χ0v) is 9.98. The Morgan fingerprint density at radius 2 is 2.18 bits per heavy atom. The van der Waals surface area contributed by atoms with Gasteiger partial charge in [-0.1, -0.05) is 12.1 Å². The first-order valence-electron chi connectivity index (χ1n) is 5.61. The molecule has 2 heterocycles. The van der Waals surface area contributed by atoms with Gasteiger partial charge in [-0.15, -0.1) is 10.2 Å². The number of rotatable bonds is 5. The Kier molecular flexibility index (Phi) is 3.43. The quantitative estimate of drug-likeness (QED) is 0.767. The van der Waals surface area contributed by atoms with Gasteiger partial charge in [0.25, 0.3) is 0 Å². The van der Waals surface area contributed by atoms with E-state index in [9.17, 15) is 0 Å². The molecule has 0 fully saturated rings. The maximum Gasteiger partial charge on any atom is 0.172 e.